The number of urea groups is 1. The van der Waals surface area contributed by atoms with Gasteiger partial charge < -0.3 is 5.32 Å². The lowest BCUT2D eigenvalue weighted by molar-refractivity contribution is -0.131. The normalized spacial score (nSPS) is 16.4. The first-order valence-electron chi connectivity index (χ1n) is 9.57. The van der Waals surface area contributed by atoms with E-state index in [4.69, 9.17) is 0 Å². The molecule has 4 amide bonds. The lowest BCUT2D eigenvalue weighted by Gasteiger charge is -2.19. The van der Waals surface area contributed by atoms with E-state index in [1.54, 1.807) is 18.7 Å². The molecule has 0 radical (unpaired) electrons. The third-order valence-corrected chi connectivity index (χ3v) is 5.77. The molecule has 1 N–H and O–H groups in total. The molecule has 7 heteroatoms. The number of anilines is 1. The van der Waals surface area contributed by atoms with Crippen molar-refractivity contribution in [1.82, 2.24) is 10.2 Å². The van der Waals surface area contributed by atoms with Crippen LogP contribution in [0.15, 0.2) is 54.6 Å². The first kappa shape index (κ1) is 20.9. The maximum atomic E-state index is 12.7. The Labute approximate surface area is 175 Å². The van der Waals surface area contributed by atoms with Gasteiger partial charge in [-0.15, -0.1) is 0 Å². The van der Waals surface area contributed by atoms with Crippen LogP contribution in [-0.2, 0) is 15.3 Å². The Bertz CT molecular complexity index is 871. The minimum atomic E-state index is -0.626. The number of aryl methyl sites for hydroxylation is 1. The van der Waals surface area contributed by atoms with Crippen molar-refractivity contribution in [3.8, 4) is 0 Å². The molecule has 29 heavy (non-hydrogen) atoms. The number of benzene rings is 2. The second-order valence-corrected chi connectivity index (χ2v) is 8.08. The topological polar surface area (TPSA) is 69.7 Å². The van der Waals surface area contributed by atoms with E-state index in [1.165, 1.54) is 10.5 Å². The van der Waals surface area contributed by atoms with Crippen molar-refractivity contribution in [3.05, 3.63) is 65.7 Å². The highest BCUT2D eigenvalue weighted by atomic mass is 32.2. The number of amides is 4. The second kappa shape index (κ2) is 9.60. The smallest absolute Gasteiger partial charge is 0.332 e. The van der Waals surface area contributed by atoms with Crippen LogP contribution in [0.2, 0.25) is 0 Å². The van der Waals surface area contributed by atoms with Crippen LogP contribution < -0.4 is 10.2 Å². The van der Waals surface area contributed by atoms with Gasteiger partial charge in [-0.2, -0.15) is 11.8 Å². The van der Waals surface area contributed by atoms with Crippen molar-refractivity contribution >= 4 is 35.3 Å². The Morgan fingerprint density at radius 1 is 1.07 bits per heavy atom. The highest BCUT2D eigenvalue weighted by Gasteiger charge is 2.43. The molecule has 1 aliphatic heterocycles. The lowest BCUT2D eigenvalue weighted by atomic mass is 10.2. The molecule has 3 rings (SSSR count). The Morgan fingerprint density at radius 3 is 2.45 bits per heavy atom. The fourth-order valence-corrected chi connectivity index (χ4v) is 3.96. The average Bonchev–Trinajstić information content (AvgIpc) is 2.93. The number of carbonyl (C=O) groups is 3. The first-order chi connectivity index (χ1) is 14.0. The molecular weight excluding hydrogens is 386 g/mol. The molecule has 1 heterocycles. The summed E-state index contributed by atoms with van der Waals surface area (Å²) in [5.74, 6) is 0.950. The number of nitrogens with zero attached hydrogens (tertiary/aromatic N) is 2. The van der Waals surface area contributed by atoms with Crippen molar-refractivity contribution in [2.24, 2.45) is 0 Å². The Balaban J connectivity index is 1.47. The molecule has 1 fully saturated rings. The summed E-state index contributed by atoms with van der Waals surface area (Å²) in [7, 11) is 0. The molecule has 0 aromatic heterocycles. The van der Waals surface area contributed by atoms with Gasteiger partial charge in [0.05, 0.1) is 0 Å². The molecule has 2 aromatic carbocycles. The minimum absolute atomic E-state index is 0.256. The van der Waals surface area contributed by atoms with Crippen LogP contribution in [0.3, 0.4) is 0 Å². The summed E-state index contributed by atoms with van der Waals surface area (Å²) >= 11 is 1.72. The van der Waals surface area contributed by atoms with Crippen LogP contribution in [0.25, 0.3) is 0 Å². The van der Waals surface area contributed by atoms with Gasteiger partial charge in [0.2, 0.25) is 5.91 Å². The van der Waals surface area contributed by atoms with E-state index < -0.39 is 12.1 Å². The maximum absolute atomic E-state index is 12.7. The summed E-state index contributed by atoms with van der Waals surface area (Å²) in [5, 5.41) is 2.79. The van der Waals surface area contributed by atoms with Crippen LogP contribution in [0.1, 0.15) is 18.1 Å². The fourth-order valence-electron chi connectivity index (χ4n) is 3.14. The van der Waals surface area contributed by atoms with Crippen molar-refractivity contribution in [3.63, 3.8) is 0 Å². The molecule has 152 valence electrons. The van der Waals surface area contributed by atoms with E-state index in [0.717, 1.165) is 22.0 Å². The fraction of sp³-hybridized carbons (Fsp3) is 0.318. The number of carbonyl (C=O) groups excluding carboxylic acids is 3. The molecule has 1 saturated heterocycles. The number of imide groups is 1. The number of nitrogens with one attached hydrogen (secondary N) is 1. The van der Waals surface area contributed by atoms with E-state index in [2.05, 4.69) is 17.4 Å². The SMILES string of the molecule is Cc1ccc(N2C(=O)N(CC(=O)NCCSCc3ccccc3)C(=O)[C@@H]2C)cc1. The summed E-state index contributed by atoms with van der Waals surface area (Å²) in [6.07, 6.45) is 0. The molecule has 0 saturated carbocycles. The van der Waals surface area contributed by atoms with Crippen molar-refractivity contribution < 1.29 is 14.4 Å². The molecule has 6 nitrogen and oxygen atoms in total. The quantitative estimate of drug-likeness (QED) is 0.535. The summed E-state index contributed by atoms with van der Waals surface area (Å²) < 4.78 is 0. The molecule has 0 unspecified atom stereocenters. The average molecular weight is 412 g/mol. The zero-order valence-electron chi connectivity index (χ0n) is 16.6. The highest BCUT2D eigenvalue weighted by Crippen LogP contribution is 2.25. The number of hydrogen-bond acceptors (Lipinski definition) is 4. The van der Waals surface area contributed by atoms with Crippen LogP contribution in [0, 0.1) is 6.92 Å². The van der Waals surface area contributed by atoms with Crippen LogP contribution in [-0.4, -0.2) is 47.6 Å². The maximum Gasteiger partial charge on any atom is 0.332 e. The van der Waals surface area contributed by atoms with E-state index in [9.17, 15) is 14.4 Å². The van der Waals surface area contributed by atoms with Gasteiger partial charge in [0.25, 0.3) is 5.91 Å². The second-order valence-electron chi connectivity index (χ2n) is 6.98. The summed E-state index contributed by atoms with van der Waals surface area (Å²) in [6.45, 7) is 3.87. The largest absolute Gasteiger partial charge is 0.354 e. The molecule has 0 aliphatic carbocycles. The zero-order chi connectivity index (χ0) is 20.8. The predicted molar refractivity (Wildman–Crippen MR) is 116 cm³/mol. The predicted octanol–water partition coefficient (Wildman–Crippen LogP) is 3.20. The zero-order valence-corrected chi connectivity index (χ0v) is 17.4. The molecule has 1 aliphatic rings. The van der Waals surface area contributed by atoms with Gasteiger partial charge in [0, 0.05) is 23.7 Å². The van der Waals surface area contributed by atoms with Gasteiger partial charge in [-0.05, 0) is 31.5 Å². The van der Waals surface area contributed by atoms with E-state index >= 15 is 0 Å². The van der Waals surface area contributed by atoms with E-state index in [1.807, 2.05) is 49.4 Å². The Morgan fingerprint density at radius 2 is 1.76 bits per heavy atom. The molecule has 2 aromatic rings. The van der Waals surface area contributed by atoms with Gasteiger partial charge in [0.15, 0.2) is 0 Å². The monoisotopic (exact) mass is 411 g/mol. The standard InChI is InChI=1S/C22H25N3O3S/c1-16-8-10-19(11-9-16)25-17(2)21(27)24(22(25)28)14-20(26)23-12-13-29-15-18-6-4-3-5-7-18/h3-11,17H,12-15H2,1-2H3,(H,23,26)/t17-/m0/s1. The Kier molecular flexibility index (Phi) is 6.93. The van der Waals surface area contributed by atoms with Gasteiger partial charge in [0.1, 0.15) is 12.6 Å². The van der Waals surface area contributed by atoms with Crippen molar-refractivity contribution in [1.29, 1.82) is 0 Å². The third-order valence-electron chi connectivity index (χ3n) is 4.74. The minimum Gasteiger partial charge on any atom is -0.354 e. The van der Waals surface area contributed by atoms with Gasteiger partial charge in [-0.3, -0.25) is 19.4 Å². The van der Waals surface area contributed by atoms with Crippen LogP contribution in [0.4, 0.5) is 10.5 Å². The number of rotatable bonds is 8. The highest BCUT2D eigenvalue weighted by molar-refractivity contribution is 7.98. The van der Waals surface area contributed by atoms with E-state index in [-0.39, 0.29) is 18.4 Å². The summed E-state index contributed by atoms with van der Waals surface area (Å²) in [4.78, 5) is 39.9. The number of hydrogen-bond donors (Lipinski definition) is 1. The first-order valence-corrected chi connectivity index (χ1v) is 10.7. The summed E-state index contributed by atoms with van der Waals surface area (Å²) in [6, 6.07) is 16.4. The van der Waals surface area contributed by atoms with Crippen LogP contribution >= 0.6 is 11.8 Å². The molecule has 0 bridgehead atoms. The summed E-state index contributed by atoms with van der Waals surface area (Å²) in [5.41, 5.74) is 2.96. The molecular formula is C22H25N3O3S. The van der Waals surface area contributed by atoms with Crippen molar-refractivity contribution in [2.45, 2.75) is 25.6 Å². The van der Waals surface area contributed by atoms with Gasteiger partial charge in [-0.25, -0.2) is 4.79 Å². The van der Waals surface area contributed by atoms with Crippen molar-refractivity contribution in [2.75, 3.05) is 23.7 Å². The van der Waals surface area contributed by atoms with Gasteiger partial charge >= 0.3 is 6.03 Å². The lowest BCUT2D eigenvalue weighted by Crippen LogP contribution is -2.42. The van der Waals surface area contributed by atoms with Gasteiger partial charge in [-0.1, -0.05) is 48.0 Å². The Hall–Kier alpha value is -2.80. The number of thioether (sulfide) groups is 1. The molecule has 1 atom stereocenters. The van der Waals surface area contributed by atoms with E-state index in [0.29, 0.717) is 12.2 Å². The molecule has 0 spiro atoms. The van der Waals surface area contributed by atoms with Crippen LogP contribution in [0.5, 0.6) is 0 Å². The third kappa shape index (κ3) is 5.17.